The average Bonchev–Trinajstić information content (AvgIpc) is 3.02. The van der Waals surface area contributed by atoms with Gasteiger partial charge in [-0.15, -0.1) is 0 Å². The van der Waals surface area contributed by atoms with Crippen molar-refractivity contribution >= 4 is 23.4 Å². The van der Waals surface area contributed by atoms with Crippen LogP contribution in [-0.4, -0.2) is 44.5 Å². The Balaban J connectivity index is 2.13. The topological polar surface area (TPSA) is 111 Å². The van der Waals surface area contributed by atoms with Crippen LogP contribution in [0.2, 0.25) is 0 Å². The number of H-pyrrole nitrogens is 1. The van der Waals surface area contributed by atoms with E-state index in [1.807, 2.05) is 0 Å². The summed E-state index contributed by atoms with van der Waals surface area (Å²) in [5, 5.41) is 18.8. The summed E-state index contributed by atoms with van der Waals surface area (Å²) in [7, 11) is 0. The number of halogens is 2. The van der Waals surface area contributed by atoms with Crippen molar-refractivity contribution in [1.29, 1.82) is 0 Å². The molecule has 1 aromatic carbocycles. The predicted molar refractivity (Wildman–Crippen MR) is 93.8 cm³/mol. The Morgan fingerprint density at radius 3 is 2.32 bits per heavy atom. The van der Waals surface area contributed by atoms with E-state index in [4.69, 9.17) is 0 Å². The number of aromatic nitrogens is 1. The number of aromatic carboxylic acids is 1. The highest BCUT2D eigenvalue weighted by Crippen LogP contribution is 2.36. The van der Waals surface area contributed by atoms with Crippen LogP contribution in [0.3, 0.4) is 0 Å². The molecule has 0 unspecified atom stereocenters. The Bertz CT molecular complexity index is 1040. The second kappa shape index (κ2) is 6.59. The lowest BCUT2D eigenvalue weighted by molar-refractivity contribution is -0.130. The number of hydrogen-bond donors (Lipinski definition) is 3. The van der Waals surface area contributed by atoms with E-state index >= 15 is 0 Å². The summed E-state index contributed by atoms with van der Waals surface area (Å²) in [5.41, 5.74) is -0.974. The Morgan fingerprint density at radius 2 is 1.75 bits per heavy atom. The molecule has 2 heterocycles. The number of nitrogens with one attached hydrogen (secondary N) is 1. The van der Waals surface area contributed by atoms with Gasteiger partial charge in [0.25, 0.3) is 5.91 Å². The molecule has 0 fully saturated rings. The van der Waals surface area contributed by atoms with Gasteiger partial charge < -0.3 is 20.1 Å². The van der Waals surface area contributed by atoms with Gasteiger partial charge in [0.15, 0.2) is 11.6 Å². The summed E-state index contributed by atoms with van der Waals surface area (Å²) >= 11 is 0. The lowest BCUT2D eigenvalue weighted by Gasteiger charge is -2.29. The molecule has 3 rings (SSSR count). The predicted octanol–water partition coefficient (Wildman–Crippen LogP) is 2.85. The number of rotatable bonds is 3. The molecule has 0 saturated carbocycles. The fourth-order valence-electron chi connectivity index (χ4n) is 3.18. The van der Waals surface area contributed by atoms with E-state index in [0.29, 0.717) is 5.56 Å². The van der Waals surface area contributed by atoms with Crippen molar-refractivity contribution < 1.29 is 33.4 Å². The second-order valence-electron chi connectivity index (χ2n) is 7.07. The van der Waals surface area contributed by atoms with E-state index in [2.05, 4.69) is 4.98 Å². The van der Waals surface area contributed by atoms with Gasteiger partial charge in [0.1, 0.15) is 5.69 Å². The number of amides is 1. The Morgan fingerprint density at radius 1 is 1.07 bits per heavy atom. The first-order chi connectivity index (χ1) is 13.0. The van der Waals surface area contributed by atoms with Crippen molar-refractivity contribution in [2.45, 2.75) is 19.3 Å². The standard InChI is InChI=1S/C19H16F2N2O5/c1-19(2)8-23(16(24)9-3-4-12(20)13(21)5-9)7-10(17(25)26)15-11(19)6-14(22-15)18(27)28/h3-7,22H,8H2,1-2H3,(H,25,26)(H,27,28). The molecule has 28 heavy (non-hydrogen) atoms. The van der Waals surface area contributed by atoms with Crippen molar-refractivity contribution in [3.05, 3.63) is 64.6 Å². The van der Waals surface area contributed by atoms with Crippen molar-refractivity contribution in [3.8, 4) is 0 Å². The van der Waals surface area contributed by atoms with Crippen molar-refractivity contribution in [2.75, 3.05) is 6.54 Å². The van der Waals surface area contributed by atoms with Crippen LogP contribution >= 0.6 is 0 Å². The lowest BCUT2D eigenvalue weighted by atomic mass is 9.83. The molecule has 146 valence electrons. The zero-order valence-corrected chi connectivity index (χ0v) is 14.9. The normalized spacial score (nSPS) is 15.4. The highest BCUT2D eigenvalue weighted by atomic mass is 19.2. The van der Waals surface area contributed by atoms with E-state index in [1.165, 1.54) is 6.07 Å². The molecule has 7 nitrogen and oxygen atoms in total. The van der Waals surface area contributed by atoms with Gasteiger partial charge in [-0.25, -0.2) is 18.4 Å². The Labute approximate surface area is 157 Å². The molecular formula is C19H16F2N2O5. The molecular weight excluding hydrogens is 374 g/mol. The van der Waals surface area contributed by atoms with Crippen LogP contribution in [0.15, 0.2) is 30.5 Å². The van der Waals surface area contributed by atoms with E-state index in [1.54, 1.807) is 13.8 Å². The maximum Gasteiger partial charge on any atom is 0.352 e. The zero-order valence-electron chi connectivity index (χ0n) is 14.9. The van der Waals surface area contributed by atoms with Crippen LogP contribution in [-0.2, 0) is 10.2 Å². The molecule has 1 aliphatic rings. The van der Waals surface area contributed by atoms with Crippen LogP contribution in [0.4, 0.5) is 8.78 Å². The Kier molecular flexibility index (Phi) is 4.54. The van der Waals surface area contributed by atoms with Gasteiger partial charge in [0.2, 0.25) is 0 Å². The molecule has 1 aromatic heterocycles. The van der Waals surface area contributed by atoms with Gasteiger partial charge in [-0.2, -0.15) is 0 Å². The van der Waals surface area contributed by atoms with Gasteiger partial charge in [0.05, 0.1) is 11.3 Å². The lowest BCUT2D eigenvalue weighted by Crippen LogP contribution is -2.36. The first-order valence-corrected chi connectivity index (χ1v) is 8.19. The molecule has 9 heteroatoms. The maximum atomic E-state index is 13.5. The summed E-state index contributed by atoms with van der Waals surface area (Å²) in [6.07, 6.45) is 1.07. The summed E-state index contributed by atoms with van der Waals surface area (Å²) in [6.45, 7) is 3.43. The first kappa shape index (κ1) is 19.3. The van der Waals surface area contributed by atoms with Gasteiger partial charge in [-0.05, 0) is 29.8 Å². The Hall–Kier alpha value is -3.49. The first-order valence-electron chi connectivity index (χ1n) is 8.19. The number of carboxylic acids is 2. The molecule has 0 bridgehead atoms. The molecule has 0 aliphatic carbocycles. The maximum absolute atomic E-state index is 13.5. The van der Waals surface area contributed by atoms with Gasteiger partial charge in [-0.1, -0.05) is 13.8 Å². The smallest absolute Gasteiger partial charge is 0.352 e. The number of benzene rings is 1. The highest BCUT2D eigenvalue weighted by Gasteiger charge is 2.36. The van der Waals surface area contributed by atoms with E-state index in [0.717, 1.165) is 29.3 Å². The number of carboxylic acid groups (broad SMARTS) is 2. The molecule has 1 amide bonds. The van der Waals surface area contributed by atoms with Crippen molar-refractivity contribution in [3.63, 3.8) is 0 Å². The molecule has 3 N–H and O–H groups in total. The van der Waals surface area contributed by atoms with Gasteiger partial charge >= 0.3 is 11.9 Å². The third kappa shape index (κ3) is 3.26. The molecule has 0 radical (unpaired) electrons. The number of carbonyl (C=O) groups excluding carboxylic acids is 1. The third-order valence-electron chi connectivity index (χ3n) is 4.55. The summed E-state index contributed by atoms with van der Waals surface area (Å²) in [5.74, 6) is -5.64. The molecule has 2 aromatic rings. The molecule has 0 atom stereocenters. The third-order valence-corrected chi connectivity index (χ3v) is 4.55. The van der Waals surface area contributed by atoms with E-state index < -0.39 is 34.9 Å². The van der Waals surface area contributed by atoms with Crippen LogP contribution in [0.1, 0.15) is 46.0 Å². The van der Waals surface area contributed by atoms with Crippen LogP contribution in [0.5, 0.6) is 0 Å². The SMILES string of the molecule is CC1(C)CN(C(=O)c2ccc(F)c(F)c2)C=C(C(=O)O)c2[nH]c(C(=O)O)cc21. The second-order valence-corrected chi connectivity index (χ2v) is 7.07. The van der Waals surface area contributed by atoms with Crippen molar-refractivity contribution in [1.82, 2.24) is 9.88 Å². The van der Waals surface area contributed by atoms with E-state index in [9.17, 15) is 33.4 Å². The number of aromatic amines is 1. The summed E-state index contributed by atoms with van der Waals surface area (Å²) in [4.78, 5) is 39.6. The number of nitrogens with zero attached hydrogens (tertiary/aromatic N) is 1. The average molecular weight is 390 g/mol. The van der Waals surface area contributed by atoms with Gasteiger partial charge in [0, 0.05) is 23.7 Å². The minimum atomic E-state index is -1.37. The van der Waals surface area contributed by atoms with E-state index in [-0.39, 0.29) is 29.1 Å². The fourth-order valence-corrected chi connectivity index (χ4v) is 3.18. The van der Waals surface area contributed by atoms with Crippen LogP contribution in [0, 0.1) is 11.6 Å². The van der Waals surface area contributed by atoms with Crippen LogP contribution < -0.4 is 0 Å². The molecule has 0 saturated heterocycles. The quantitative estimate of drug-likeness (QED) is 0.746. The summed E-state index contributed by atoms with van der Waals surface area (Å²) < 4.78 is 26.7. The monoisotopic (exact) mass is 390 g/mol. The van der Waals surface area contributed by atoms with Gasteiger partial charge in [-0.3, -0.25) is 4.79 Å². The van der Waals surface area contributed by atoms with Crippen LogP contribution in [0.25, 0.3) is 5.57 Å². The molecule has 1 aliphatic heterocycles. The number of carbonyl (C=O) groups is 3. The highest BCUT2D eigenvalue weighted by molar-refractivity contribution is 6.16. The fraction of sp³-hybridized carbons (Fsp3) is 0.211. The van der Waals surface area contributed by atoms with Crippen molar-refractivity contribution in [2.24, 2.45) is 0 Å². The minimum absolute atomic E-state index is 0.00841. The zero-order chi connectivity index (χ0) is 20.8. The largest absolute Gasteiger partial charge is 0.478 e. The number of aliphatic carboxylic acids is 1. The number of fused-ring (bicyclic) bond motifs is 1. The summed E-state index contributed by atoms with van der Waals surface area (Å²) in [6, 6.07) is 4.00. The molecule has 0 spiro atoms. The number of hydrogen-bond acceptors (Lipinski definition) is 3. The minimum Gasteiger partial charge on any atom is -0.478 e.